The maximum atomic E-state index is 13.8. The van der Waals surface area contributed by atoms with Crippen LogP contribution in [0.5, 0.6) is 0 Å². The molecule has 27 atom stereocenters. The lowest BCUT2D eigenvalue weighted by Gasteiger charge is -2.52. The molecule has 5 rings (SSSR count). The van der Waals surface area contributed by atoms with Gasteiger partial charge in [0, 0.05) is 26.7 Å². The molecule has 1 unspecified atom stereocenters. The number of carbonyl (C=O) groups excluding carboxylic acids is 3. The molecule has 106 heavy (non-hydrogen) atoms. The quantitative estimate of drug-likeness (QED) is 0.0269. The van der Waals surface area contributed by atoms with Crippen molar-refractivity contribution in [2.24, 2.45) is 0 Å². The van der Waals surface area contributed by atoms with E-state index in [9.17, 15) is 106 Å². The summed E-state index contributed by atoms with van der Waals surface area (Å²) in [6.07, 6.45) is -17.9. The summed E-state index contributed by atoms with van der Waals surface area (Å²) in [5.41, 5.74) is 0. The van der Waals surface area contributed by atoms with Gasteiger partial charge in [-0.25, -0.2) is 4.79 Å². The number of aliphatic hydroxyl groups excluding tert-OH is 16. The number of rotatable bonds is 51. The highest BCUT2D eigenvalue weighted by Gasteiger charge is 2.62. The molecule has 20 N–H and O–H groups in total. The van der Waals surface area contributed by atoms with Gasteiger partial charge >= 0.3 is 5.97 Å². The van der Waals surface area contributed by atoms with Crippen molar-refractivity contribution in [3.8, 4) is 0 Å². The molecule has 5 heterocycles. The number of carboxylic acids is 1. The molecule has 5 fully saturated rings. The summed E-state index contributed by atoms with van der Waals surface area (Å²) in [6, 6.07) is -4.86. The van der Waals surface area contributed by atoms with E-state index in [1.54, 1.807) is 6.08 Å². The van der Waals surface area contributed by atoms with Crippen molar-refractivity contribution in [1.29, 1.82) is 0 Å². The number of aliphatic hydroxyl groups is 16. The standard InChI is InChI=1S/C72H129N3O31/c1-5-7-9-11-13-15-17-19-20-21-23-25-27-29-31-33-51(86)75-43(44(83)32-30-28-26-24-22-18-16-14-12-10-8-6-2)40-97-68-60(93)58(91)62(49(38-79)100-68)102-70-61(94)66(106-72(71(95)96)34-45(84)52(73-41(3)81)65(105-72)54(87)46(85)35-76)63(50(39-80)101-70)103-67-53(74-42(4)82)64(56(89)48(37-78)98-67)104-69-59(92)57(90)55(88)47(36-77)99-69/h32,43,45-50,52-70,76-80,83-85,87-94H,5-31,33-40H2,1-4H3,(H,73,81)(H,74,82)(H,75,86)(H,95,96)/b44-32-/t43?,45-,46+,47+,48+,49+,50+,52+,53+,54+,55-,56-,57-,58+,59+,60+,61+,62+,63-,64+,65+,66+,67-,68+,69-,70-,72-/m0/s1. The summed E-state index contributed by atoms with van der Waals surface area (Å²) < 4.78 is 60.0. The Morgan fingerprint density at radius 3 is 1.42 bits per heavy atom. The maximum Gasteiger partial charge on any atom is 0.364 e. The van der Waals surface area contributed by atoms with Gasteiger partial charge in [0.1, 0.15) is 128 Å². The van der Waals surface area contributed by atoms with E-state index >= 15 is 0 Å². The van der Waals surface area contributed by atoms with Crippen molar-refractivity contribution in [3.05, 3.63) is 11.8 Å². The van der Waals surface area contributed by atoms with Crippen LogP contribution in [0.3, 0.4) is 0 Å². The van der Waals surface area contributed by atoms with Crippen molar-refractivity contribution >= 4 is 23.7 Å². The molecule has 5 aliphatic rings. The smallest absolute Gasteiger partial charge is 0.364 e. The monoisotopic (exact) mass is 1530 g/mol. The second kappa shape index (κ2) is 49.0. The zero-order chi connectivity index (χ0) is 78.0. The van der Waals surface area contributed by atoms with Gasteiger partial charge in [-0.1, -0.05) is 168 Å². The van der Waals surface area contributed by atoms with Gasteiger partial charge in [-0.3, -0.25) is 14.4 Å². The van der Waals surface area contributed by atoms with Crippen molar-refractivity contribution in [2.75, 3.05) is 39.6 Å². The van der Waals surface area contributed by atoms with Gasteiger partial charge in [0.05, 0.1) is 51.8 Å². The zero-order valence-corrected chi connectivity index (χ0v) is 62.2. The Morgan fingerprint density at radius 2 is 0.915 bits per heavy atom. The minimum Gasteiger partial charge on any atom is -0.510 e. The first-order valence-electron chi connectivity index (χ1n) is 38.6. The highest BCUT2D eigenvalue weighted by Crippen LogP contribution is 2.41. The average molecular weight is 1530 g/mol. The summed E-state index contributed by atoms with van der Waals surface area (Å²) in [5, 5.41) is 197. The van der Waals surface area contributed by atoms with E-state index in [0.29, 0.717) is 12.8 Å². The van der Waals surface area contributed by atoms with Gasteiger partial charge in [0.2, 0.25) is 17.7 Å². The number of allylic oxidation sites excluding steroid dienone is 1. The summed E-state index contributed by atoms with van der Waals surface area (Å²) in [7, 11) is 0. The summed E-state index contributed by atoms with van der Waals surface area (Å²) in [5.74, 6) is -7.95. The molecule has 0 radical (unpaired) electrons. The van der Waals surface area contributed by atoms with Crippen molar-refractivity contribution in [3.63, 3.8) is 0 Å². The van der Waals surface area contributed by atoms with E-state index in [2.05, 4.69) is 29.8 Å². The lowest BCUT2D eigenvalue weighted by Crippen LogP contribution is -2.72. The minimum atomic E-state index is -3.38. The Hall–Kier alpha value is -3.58. The summed E-state index contributed by atoms with van der Waals surface area (Å²) in [4.78, 5) is 53.0. The van der Waals surface area contributed by atoms with Crippen LogP contribution in [0.4, 0.5) is 0 Å². The highest BCUT2D eigenvalue weighted by atomic mass is 16.8. The first-order chi connectivity index (χ1) is 50.8. The molecule has 34 nitrogen and oxygen atoms in total. The third-order valence-electron chi connectivity index (χ3n) is 20.4. The first-order valence-corrected chi connectivity index (χ1v) is 38.6. The SMILES string of the molecule is CCCCCCCCCCCCC/C=C(\O)C(CO[C@@H]1O[C@H](CO)[C@@H](O[C@@H]2O[C@H](CO)[C@H](O[C@@H]3O[C@H](CO)[C@H](O)[C@H](O[C@@H]4O[C@H](CO)[C@H](O)[C@H](O)[C@H]4O)[C@H]3NC(C)=O)[C@H](O[C@]3(C(=O)O)C[C@H](O)[C@@H](NC(C)=O)[C@H]([C@H](O)[C@H](O)CO)O3)[C@H]2O)[C@H](O)[C@H]1O)NC(=O)CCCCCCCCCCCCCCCCC. The van der Waals surface area contributed by atoms with E-state index in [-0.39, 0.29) is 12.2 Å². The van der Waals surface area contributed by atoms with Crippen LogP contribution in [0.15, 0.2) is 11.8 Å². The number of amides is 3. The number of nitrogens with one attached hydrogen (secondary N) is 3. The van der Waals surface area contributed by atoms with Crippen LogP contribution in [0.2, 0.25) is 0 Å². The van der Waals surface area contributed by atoms with E-state index in [0.717, 1.165) is 78.1 Å². The zero-order valence-electron chi connectivity index (χ0n) is 62.2. The Morgan fingerprint density at radius 1 is 0.481 bits per heavy atom. The Balaban J connectivity index is 1.40. The van der Waals surface area contributed by atoms with Crippen molar-refractivity contribution in [1.82, 2.24) is 16.0 Å². The van der Waals surface area contributed by atoms with Gasteiger partial charge in [-0.2, -0.15) is 0 Å². The molecule has 0 spiro atoms. The molecular weight excluding hydrogens is 1400 g/mol. The molecule has 34 heteroatoms. The van der Waals surface area contributed by atoms with Crippen molar-refractivity contribution < 1.29 is 153 Å². The van der Waals surface area contributed by atoms with E-state index in [1.807, 2.05) is 0 Å². The third-order valence-corrected chi connectivity index (χ3v) is 20.4. The Bertz CT molecular complexity index is 2500. The second-order valence-electron chi connectivity index (χ2n) is 28.9. The number of aliphatic carboxylic acids is 1. The first kappa shape index (κ1) is 93.0. The summed E-state index contributed by atoms with van der Waals surface area (Å²) >= 11 is 0. The number of carbonyl (C=O) groups is 4. The molecule has 3 amide bonds. The molecule has 618 valence electrons. The van der Waals surface area contributed by atoms with E-state index < -0.39 is 235 Å². The van der Waals surface area contributed by atoms with Crippen LogP contribution >= 0.6 is 0 Å². The van der Waals surface area contributed by atoms with Gasteiger partial charge in [0.15, 0.2) is 25.2 Å². The minimum absolute atomic E-state index is 0.131. The normalized spacial score (nSPS) is 34.6. The molecule has 5 saturated heterocycles. The van der Waals surface area contributed by atoms with Crippen LogP contribution in [0.1, 0.15) is 214 Å². The topological polar surface area (TPSA) is 541 Å². The summed E-state index contributed by atoms with van der Waals surface area (Å²) in [6.45, 7) is 0.291. The van der Waals surface area contributed by atoms with Gasteiger partial charge in [0.25, 0.3) is 5.79 Å². The molecule has 0 aromatic rings. The highest BCUT2D eigenvalue weighted by molar-refractivity contribution is 5.77. The lowest BCUT2D eigenvalue weighted by molar-refractivity contribution is -0.403. The molecule has 5 aliphatic heterocycles. The van der Waals surface area contributed by atoms with E-state index in [1.165, 1.54) is 96.3 Å². The lowest BCUT2D eigenvalue weighted by atomic mass is 9.88. The molecule has 0 aromatic carbocycles. The molecule has 0 aliphatic carbocycles. The van der Waals surface area contributed by atoms with Gasteiger partial charge in [-0.05, 0) is 25.3 Å². The number of hydrogen-bond donors (Lipinski definition) is 20. The van der Waals surface area contributed by atoms with E-state index in [4.69, 9.17) is 47.4 Å². The molecule has 0 saturated carbocycles. The molecular formula is C72H129N3O31. The van der Waals surface area contributed by atoms with Crippen molar-refractivity contribution in [2.45, 2.75) is 379 Å². The third kappa shape index (κ3) is 28.3. The number of carboxylic acid groups (broad SMARTS) is 1. The fourth-order valence-corrected chi connectivity index (χ4v) is 14.2. The fourth-order valence-electron chi connectivity index (χ4n) is 14.2. The number of ether oxygens (including phenoxy) is 10. The molecule has 0 bridgehead atoms. The largest absolute Gasteiger partial charge is 0.510 e. The Labute approximate surface area is 621 Å². The van der Waals surface area contributed by atoms with Crippen LogP contribution in [-0.2, 0) is 66.5 Å². The number of unbranched alkanes of at least 4 members (excludes halogenated alkanes) is 25. The average Bonchev–Trinajstić information content (AvgIpc) is 0.749. The van der Waals surface area contributed by atoms with Gasteiger partial charge in [-0.15, -0.1) is 0 Å². The van der Waals surface area contributed by atoms with Crippen LogP contribution in [-0.4, -0.2) is 315 Å². The predicted molar refractivity (Wildman–Crippen MR) is 374 cm³/mol. The van der Waals surface area contributed by atoms with Crippen LogP contribution < -0.4 is 16.0 Å². The number of hydrogen-bond acceptors (Lipinski definition) is 30. The predicted octanol–water partition coefficient (Wildman–Crippen LogP) is -0.518. The second-order valence-corrected chi connectivity index (χ2v) is 28.9. The molecule has 0 aromatic heterocycles. The fraction of sp³-hybridized carbons (Fsp3) is 0.917. The maximum absolute atomic E-state index is 13.8. The van der Waals surface area contributed by atoms with Crippen LogP contribution in [0, 0.1) is 0 Å². The van der Waals surface area contributed by atoms with Crippen LogP contribution in [0.25, 0.3) is 0 Å². The Kier molecular flexibility index (Phi) is 43.0. The van der Waals surface area contributed by atoms with Gasteiger partial charge < -0.3 is 150 Å².